The van der Waals surface area contributed by atoms with Gasteiger partial charge >= 0.3 is 0 Å². The molecule has 0 aromatic heterocycles. The van der Waals surface area contributed by atoms with E-state index in [2.05, 4.69) is 19.2 Å². The Bertz CT molecular complexity index is 518. The van der Waals surface area contributed by atoms with Gasteiger partial charge in [-0.3, -0.25) is 4.79 Å². The van der Waals surface area contributed by atoms with Gasteiger partial charge < -0.3 is 5.32 Å². The molecule has 0 aliphatic rings. The fourth-order valence-corrected chi connectivity index (χ4v) is 1.84. The normalized spacial score (nSPS) is 13.4. The van der Waals surface area contributed by atoms with Gasteiger partial charge in [-0.25, -0.2) is 8.42 Å². The Morgan fingerprint density at radius 3 is 2.00 bits per heavy atom. The van der Waals surface area contributed by atoms with E-state index in [-0.39, 0.29) is 0 Å². The number of benzene rings is 1. The van der Waals surface area contributed by atoms with Crippen LogP contribution < -0.4 is 5.32 Å². The van der Waals surface area contributed by atoms with E-state index in [0.717, 1.165) is 6.26 Å². The minimum Gasteiger partial charge on any atom is -0.325 e. The molecule has 1 amide bonds. The second-order valence-electron chi connectivity index (χ2n) is 4.74. The van der Waals surface area contributed by atoms with Gasteiger partial charge in [-0.1, -0.05) is 26.0 Å². The maximum atomic E-state index is 11.7. The first-order chi connectivity index (χ1) is 8.21. The largest absolute Gasteiger partial charge is 0.325 e. The van der Waals surface area contributed by atoms with Crippen molar-refractivity contribution in [2.24, 2.45) is 0 Å². The molecule has 1 atom stereocenters. The summed E-state index contributed by atoms with van der Waals surface area (Å²) in [5.41, 5.74) is 1.78. The monoisotopic (exact) mass is 269 g/mol. The van der Waals surface area contributed by atoms with Crippen molar-refractivity contribution in [1.82, 2.24) is 0 Å². The van der Waals surface area contributed by atoms with Gasteiger partial charge in [-0.2, -0.15) is 0 Å². The fourth-order valence-electron chi connectivity index (χ4n) is 1.39. The number of hydrogen-bond acceptors (Lipinski definition) is 3. The highest BCUT2D eigenvalue weighted by molar-refractivity contribution is 7.92. The summed E-state index contributed by atoms with van der Waals surface area (Å²) in [6.07, 6.45) is 1.05. The summed E-state index contributed by atoms with van der Waals surface area (Å²) >= 11 is 0. The molecule has 5 heteroatoms. The van der Waals surface area contributed by atoms with Crippen LogP contribution in [0.2, 0.25) is 0 Å². The molecule has 0 aliphatic carbocycles. The molecule has 18 heavy (non-hydrogen) atoms. The van der Waals surface area contributed by atoms with Crippen molar-refractivity contribution < 1.29 is 13.2 Å². The van der Waals surface area contributed by atoms with Crippen LogP contribution >= 0.6 is 0 Å². The third kappa shape index (κ3) is 3.84. The van der Waals surface area contributed by atoms with Gasteiger partial charge in [-0.05, 0) is 30.5 Å². The molecule has 100 valence electrons. The van der Waals surface area contributed by atoms with Crippen molar-refractivity contribution in [3.63, 3.8) is 0 Å². The molecule has 0 saturated carbocycles. The Balaban J connectivity index is 2.77. The Morgan fingerprint density at radius 1 is 1.11 bits per heavy atom. The lowest BCUT2D eigenvalue weighted by atomic mass is 10.0. The van der Waals surface area contributed by atoms with E-state index < -0.39 is 21.0 Å². The van der Waals surface area contributed by atoms with E-state index in [1.165, 1.54) is 12.5 Å². The molecule has 1 N–H and O–H groups in total. The highest BCUT2D eigenvalue weighted by atomic mass is 32.2. The van der Waals surface area contributed by atoms with E-state index in [1.807, 2.05) is 12.1 Å². The van der Waals surface area contributed by atoms with Crippen LogP contribution in [-0.4, -0.2) is 25.8 Å². The van der Waals surface area contributed by atoms with Crippen molar-refractivity contribution in [3.8, 4) is 0 Å². The quantitative estimate of drug-likeness (QED) is 0.911. The molecule has 0 heterocycles. The van der Waals surface area contributed by atoms with Gasteiger partial charge in [0.2, 0.25) is 5.91 Å². The van der Waals surface area contributed by atoms with Crippen molar-refractivity contribution in [2.75, 3.05) is 11.6 Å². The first-order valence-electron chi connectivity index (χ1n) is 5.81. The summed E-state index contributed by atoms with van der Waals surface area (Å²) < 4.78 is 22.5. The van der Waals surface area contributed by atoms with Crippen LogP contribution in [0.25, 0.3) is 0 Å². The summed E-state index contributed by atoms with van der Waals surface area (Å²) in [4.78, 5) is 11.7. The lowest BCUT2D eigenvalue weighted by Crippen LogP contribution is -2.31. The molecule has 1 aromatic carbocycles. The number of nitrogens with one attached hydrogen (secondary N) is 1. The standard InChI is InChI=1S/C13H19NO3S/c1-9(2)11-5-7-12(8-6-11)14-13(15)10(3)18(4,16)17/h5-10H,1-4H3,(H,14,15)/t10-/m1/s1. The topological polar surface area (TPSA) is 63.2 Å². The lowest BCUT2D eigenvalue weighted by Gasteiger charge is -2.11. The molecule has 1 rings (SSSR count). The smallest absolute Gasteiger partial charge is 0.242 e. The Labute approximate surface area is 108 Å². The number of carbonyl (C=O) groups excluding carboxylic acids is 1. The molecule has 0 saturated heterocycles. The van der Waals surface area contributed by atoms with Gasteiger partial charge in [0, 0.05) is 11.9 Å². The maximum absolute atomic E-state index is 11.7. The number of sulfone groups is 1. The van der Waals surface area contributed by atoms with Gasteiger partial charge in [0.1, 0.15) is 5.25 Å². The van der Waals surface area contributed by atoms with Gasteiger partial charge in [-0.15, -0.1) is 0 Å². The average Bonchev–Trinajstić information content (AvgIpc) is 2.27. The van der Waals surface area contributed by atoms with E-state index in [9.17, 15) is 13.2 Å². The number of anilines is 1. The second kappa shape index (κ2) is 5.52. The zero-order valence-electron chi connectivity index (χ0n) is 11.1. The summed E-state index contributed by atoms with van der Waals surface area (Å²) in [5.74, 6) is -0.0838. The van der Waals surface area contributed by atoms with Gasteiger partial charge in [0.15, 0.2) is 9.84 Å². The van der Waals surface area contributed by atoms with Crippen LogP contribution in [0.4, 0.5) is 5.69 Å². The number of hydrogen-bond donors (Lipinski definition) is 1. The Morgan fingerprint density at radius 2 is 1.61 bits per heavy atom. The van der Waals surface area contributed by atoms with Crippen molar-refractivity contribution in [3.05, 3.63) is 29.8 Å². The fraction of sp³-hybridized carbons (Fsp3) is 0.462. The van der Waals surface area contributed by atoms with E-state index in [4.69, 9.17) is 0 Å². The molecule has 0 spiro atoms. The zero-order chi connectivity index (χ0) is 13.9. The number of amides is 1. The maximum Gasteiger partial charge on any atom is 0.242 e. The van der Waals surface area contributed by atoms with Crippen LogP contribution in [0.5, 0.6) is 0 Å². The van der Waals surface area contributed by atoms with Crippen molar-refractivity contribution >= 4 is 21.4 Å². The van der Waals surface area contributed by atoms with E-state index >= 15 is 0 Å². The molecule has 0 fully saturated rings. The second-order valence-corrected chi connectivity index (χ2v) is 7.10. The summed E-state index contributed by atoms with van der Waals surface area (Å²) in [6.45, 7) is 5.55. The van der Waals surface area contributed by atoms with Gasteiger partial charge in [0.25, 0.3) is 0 Å². The van der Waals surface area contributed by atoms with Crippen LogP contribution in [-0.2, 0) is 14.6 Å². The average molecular weight is 269 g/mol. The lowest BCUT2D eigenvalue weighted by molar-refractivity contribution is -0.115. The molecule has 0 aliphatic heterocycles. The third-order valence-electron chi connectivity index (χ3n) is 2.86. The van der Waals surface area contributed by atoms with Crippen LogP contribution in [0.3, 0.4) is 0 Å². The Kier molecular flexibility index (Phi) is 4.51. The van der Waals surface area contributed by atoms with Crippen LogP contribution in [0, 0.1) is 0 Å². The minimum atomic E-state index is -3.36. The van der Waals surface area contributed by atoms with Crippen molar-refractivity contribution in [1.29, 1.82) is 0 Å². The molecule has 0 radical (unpaired) electrons. The highest BCUT2D eigenvalue weighted by Gasteiger charge is 2.23. The van der Waals surface area contributed by atoms with Crippen LogP contribution in [0.1, 0.15) is 32.3 Å². The predicted molar refractivity (Wildman–Crippen MR) is 73.5 cm³/mol. The summed E-state index contributed by atoms with van der Waals surface area (Å²) in [7, 11) is -3.36. The molecule has 1 aromatic rings. The van der Waals surface area contributed by atoms with Crippen LogP contribution in [0.15, 0.2) is 24.3 Å². The zero-order valence-corrected chi connectivity index (χ0v) is 11.9. The first-order valence-corrected chi connectivity index (χ1v) is 7.77. The van der Waals surface area contributed by atoms with E-state index in [0.29, 0.717) is 11.6 Å². The molecular formula is C13H19NO3S. The number of rotatable bonds is 4. The van der Waals surface area contributed by atoms with Gasteiger partial charge in [0.05, 0.1) is 0 Å². The van der Waals surface area contributed by atoms with E-state index in [1.54, 1.807) is 12.1 Å². The van der Waals surface area contributed by atoms with Crippen molar-refractivity contribution in [2.45, 2.75) is 31.9 Å². The first kappa shape index (κ1) is 14.7. The third-order valence-corrected chi connectivity index (χ3v) is 4.35. The molecular weight excluding hydrogens is 250 g/mol. The SMILES string of the molecule is CC(C)c1ccc(NC(=O)[C@@H](C)S(C)(=O)=O)cc1. The number of carbonyl (C=O) groups is 1. The molecule has 4 nitrogen and oxygen atoms in total. The summed E-state index contributed by atoms with van der Waals surface area (Å²) in [6, 6.07) is 7.40. The highest BCUT2D eigenvalue weighted by Crippen LogP contribution is 2.17. The molecule has 0 unspecified atom stereocenters. The summed E-state index contributed by atoms with van der Waals surface area (Å²) in [5, 5.41) is 1.56. The predicted octanol–water partition coefficient (Wildman–Crippen LogP) is 2.18. The molecule has 0 bridgehead atoms. The minimum absolute atomic E-state index is 0.421. The Hall–Kier alpha value is -1.36.